The quantitative estimate of drug-likeness (QED) is 0.794. The van der Waals surface area contributed by atoms with Crippen molar-refractivity contribution < 1.29 is 9.47 Å². The molecule has 1 aliphatic heterocycles. The van der Waals surface area contributed by atoms with Crippen molar-refractivity contribution in [2.75, 3.05) is 50.9 Å². The van der Waals surface area contributed by atoms with Gasteiger partial charge >= 0.3 is 0 Å². The zero-order chi connectivity index (χ0) is 14.6. The molecule has 2 rings (SSSR count). The zero-order valence-corrected chi connectivity index (χ0v) is 12.8. The van der Waals surface area contributed by atoms with Crippen LogP contribution in [0.1, 0.15) is 20.8 Å². The maximum absolute atomic E-state index is 5.42. The Balaban J connectivity index is 0.000000956. The monoisotopic (exact) mass is 282 g/mol. The van der Waals surface area contributed by atoms with Crippen LogP contribution in [0.5, 0.6) is 5.88 Å². The maximum Gasteiger partial charge on any atom is 0.233 e. The Morgan fingerprint density at radius 3 is 2.50 bits per heavy atom. The van der Waals surface area contributed by atoms with Gasteiger partial charge in [0.15, 0.2) is 5.82 Å². The van der Waals surface area contributed by atoms with Crippen molar-refractivity contribution in [3.8, 4) is 5.88 Å². The number of rotatable bonds is 6. The SMILES string of the molecule is CC.CCOCCOc1ccc(N2CCNCC2)nn1. The number of hydrogen-bond donors (Lipinski definition) is 1. The van der Waals surface area contributed by atoms with Gasteiger partial charge in [-0.2, -0.15) is 0 Å². The summed E-state index contributed by atoms with van der Waals surface area (Å²) in [5, 5.41) is 11.6. The number of nitrogens with one attached hydrogen (secondary N) is 1. The highest BCUT2D eigenvalue weighted by Crippen LogP contribution is 2.13. The maximum atomic E-state index is 5.42. The van der Waals surface area contributed by atoms with Crippen LogP contribution in [0, 0.1) is 0 Å². The molecule has 20 heavy (non-hydrogen) atoms. The fourth-order valence-corrected chi connectivity index (χ4v) is 1.80. The molecule has 1 aromatic heterocycles. The average Bonchev–Trinajstić information content (AvgIpc) is 2.55. The van der Waals surface area contributed by atoms with Gasteiger partial charge in [-0.3, -0.25) is 0 Å². The zero-order valence-electron chi connectivity index (χ0n) is 12.8. The fourth-order valence-electron chi connectivity index (χ4n) is 1.80. The molecule has 1 aromatic rings. The average molecular weight is 282 g/mol. The molecule has 0 amide bonds. The molecule has 0 atom stereocenters. The third-order valence-electron chi connectivity index (χ3n) is 2.75. The Labute approximate surface area is 121 Å². The van der Waals surface area contributed by atoms with Crippen LogP contribution < -0.4 is 15.0 Å². The second-order valence-corrected chi connectivity index (χ2v) is 4.01. The molecule has 0 spiro atoms. The van der Waals surface area contributed by atoms with E-state index in [9.17, 15) is 0 Å². The molecule has 0 radical (unpaired) electrons. The first-order chi connectivity index (χ1) is 9.90. The lowest BCUT2D eigenvalue weighted by Crippen LogP contribution is -2.43. The van der Waals surface area contributed by atoms with Gasteiger partial charge in [0.1, 0.15) is 6.61 Å². The van der Waals surface area contributed by atoms with E-state index in [0.717, 1.165) is 32.0 Å². The number of anilines is 1. The molecule has 0 aliphatic carbocycles. The molecule has 1 fully saturated rings. The third kappa shape index (κ3) is 5.71. The molecule has 0 unspecified atom stereocenters. The number of hydrogen-bond acceptors (Lipinski definition) is 6. The summed E-state index contributed by atoms with van der Waals surface area (Å²) in [7, 11) is 0. The molecule has 6 heteroatoms. The molecule has 0 saturated carbocycles. The van der Waals surface area contributed by atoms with Gasteiger partial charge in [-0.1, -0.05) is 13.8 Å². The Morgan fingerprint density at radius 2 is 1.90 bits per heavy atom. The molecular weight excluding hydrogens is 256 g/mol. The van der Waals surface area contributed by atoms with Crippen molar-refractivity contribution in [1.82, 2.24) is 15.5 Å². The predicted octanol–water partition coefficient (Wildman–Crippen LogP) is 1.33. The Morgan fingerprint density at radius 1 is 1.15 bits per heavy atom. The third-order valence-corrected chi connectivity index (χ3v) is 2.75. The van der Waals surface area contributed by atoms with Gasteiger partial charge in [-0.15, -0.1) is 10.2 Å². The number of ether oxygens (including phenoxy) is 2. The molecular formula is C14H26N4O2. The van der Waals surface area contributed by atoms with Crippen molar-refractivity contribution in [3.05, 3.63) is 12.1 Å². The minimum Gasteiger partial charge on any atom is -0.474 e. The van der Waals surface area contributed by atoms with Gasteiger partial charge in [-0.25, -0.2) is 0 Å². The Bertz CT molecular complexity index is 340. The molecule has 2 heterocycles. The highest BCUT2D eigenvalue weighted by Gasteiger charge is 2.11. The van der Waals surface area contributed by atoms with Crippen molar-refractivity contribution in [2.45, 2.75) is 20.8 Å². The van der Waals surface area contributed by atoms with E-state index in [0.29, 0.717) is 25.7 Å². The summed E-state index contributed by atoms with van der Waals surface area (Å²) in [4.78, 5) is 2.22. The lowest BCUT2D eigenvalue weighted by atomic mass is 10.3. The lowest BCUT2D eigenvalue weighted by Gasteiger charge is -2.27. The van der Waals surface area contributed by atoms with Crippen molar-refractivity contribution in [3.63, 3.8) is 0 Å². The van der Waals surface area contributed by atoms with Crippen LogP contribution >= 0.6 is 0 Å². The van der Waals surface area contributed by atoms with E-state index in [-0.39, 0.29) is 0 Å². The standard InChI is InChI=1S/C12H20N4O2.C2H6/c1-2-17-9-10-18-12-4-3-11(14-15-12)16-7-5-13-6-8-16;1-2/h3-4,13H,2,5-10H2,1H3;1-2H3. The molecule has 0 aromatic carbocycles. The van der Waals surface area contributed by atoms with E-state index < -0.39 is 0 Å². The second-order valence-electron chi connectivity index (χ2n) is 4.01. The summed E-state index contributed by atoms with van der Waals surface area (Å²) in [5.41, 5.74) is 0. The Kier molecular flexibility index (Phi) is 8.66. The van der Waals surface area contributed by atoms with Gasteiger partial charge in [0, 0.05) is 38.9 Å². The van der Waals surface area contributed by atoms with Crippen LogP contribution in [-0.4, -0.2) is 56.2 Å². The van der Waals surface area contributed by atoms with Gasteiger partial charge in [0.25, 0.3) is 0 Å². The van der Waals surface area contributed by atoms with Crippen LogP contribution in [0.15, 0.2) is 12.1 Å². The summed E-state index contributed by atoms with van der Waals surface area (Å²) >= 11 is 0. The first-order valence-corrected chi connectivity index (χ1v) is 7.40. The van der Waals surface area contributed by atoms with Crippen molar-refractivity contribution in [2.24, 2.45) is 0 Å². The Hall–Kier alpha value is -1.40. The van der Waals surface area contributed by atoms with Crippen molar-refractivity contribution in [1.29, 1.82) is 0 Å². The van der Waals surface area contributed by atoms with Gasteiger partial charge in [0.05, 0.1) is 6.61 Å². The first-order valence-electron chi connectivity index (χ1n) is 7.40. The summed E-state index contributed by atoms with van der Waals surface area (Å²) < 4.78 is 10.6. The highest BCUT2D eigenvalue weighted by molar-refractivity contribution is 5.38. The molecule has 1 N–H and O–H groups in total. The minimum atomic E-state index is 0.509. The number of piperazine rings is 1. The van der Waals surface area contributed by atoms with Crippen LogP contribution in [0.2, 0.25) is 0 Å². The van der Waals surface area contributed by atoms with Crippen LogP contribution in [0.25, 0.3) is 0 Å². The van der Waals surface area contributed by atoms with E-state index >= 15 is 0 Å². The van der Waals surface area contributed by atoms with E-state index in [2.05, 4.69) is 20.4 Å². The van der Waals surface area contributed by atoms with Crippen LogP contribution in [0.4, 0.5) is 5.82 Å². The van der Waals surface area contributed by atoms with Gasteiger partial charge in [0.2, 0.25) is 5.88 Å². The summed E-state index contributed by atoms with van der Waals surface area (Å²) in [6, 6.07) is 3.81. The largest absolute Gasteiger partial charge is 0.474 e. The van der Waals surface area contributed by atoms with E-state index in [1.165, 1.54) is 0 Å². The normalized spacial score (nSPS) is 14.4. The van der Waals surface area contributed by atoms with Gasteiger partial charge in [-0.05, 0) is 13.0 Å². The van der Waals surface area contributed by atoms with E-state index in [1.54, 1.807) is 0 Å². The lowest BCUT2D eigenvalue weighted by molar-refractivity contribution is 0.108. The smallest absolute Gasteiger partial charge is 0.233 e. The summed E-state index contributed by atoms with van der Waals surface area (Å²) in [6.07, 6.45) is 0. The summed E-state index contributed by atoms with van der Waals surface area (Å²) in [6.45, 7) is 11.7. The molecule has 114 valence electrons. The first kappa shape index (κ1) is 16.7. The molecule has 1 aliphatic rings. The topological polar surface area (TPSA) is 59.5 Å². The summed E-state index contributed by atoms with van der Waals surface area (Å²) in [5.74, 6) is 1.46. The minimum absolute atomic E-state index is 0.509. The molecule has 1 saturated heterocycles. The molecule has 0 bridgehead atoms. The van der Waals surface area contributed by atoms with E-state index in [4.69, 9.17) is 9.47 Å². The number of nitrogens with zero attached hydrogens (tertiary/aromatic N) is 3. The van der Waals surface area contributed by atoms with Crippen LogP contribution in [-0.2, 0) is 4.74 Å². The predicted molar refractivity (Wildman–Crippen MR) is 80.5 cm³/mol. The second kappa shape index (κ2) is 10.4. The van der Waals surface area contributed by atoms with Gasteiger partial charge < -0.3 is 19.7 Å². The molecule has 6 nitrogen and oxygen atoms in total. The van der Waals surface area contributed by atoms with Crippen LogP contribution in [0.3, 0.4) is 0 Å². The van der Waals surface area contributed by atoms with E-state index in [1.807, 2.05) is 32.9 Å². The highest BCUT2D eigenvalue weighted by atomic mass is 16.5. The number of aromatic nitrogens is 2. The fraction of sp³-hybridized carbons (Fsp3) is 0.714. The van der Waals surface area contributed by atoms with Crippen molar-refractivity contribution >= 4 is 5.82 Å².